The third kappa shape index (κ3) is 3.20. The second kappa shape index (κ2) is 4.94. The zero-order valence-corrected chi connectivity index (χ0v) is 6.82. The van der Waals surface area contributed by atoms with Crippen LogP contribution in [0.1, 0.15) is 6.92 Å². The third-order valence-corrected chi connectivity index (χ3v) is 1.21. The van der Waals surface area contributed by atoms with E-state index >= 15 is 0 Å². The Morgan fingerprint density at radius 2 is 2.20 bits per heavy atom. The van der Waals surface area contributed by atoms with Gasteiger partial charge < -0.3 is 5.73 Å². The van der Waals surface area contributed by atoms with E-state index in [4.69, 9.17) is 18.0 Å². The molecule has 0 atom stereocenters. The molecule has 0 saturated heterocycles. The fourth-order valence-electron chi connectivity index (χ4n) is 0.451. The molecule has 0 aliphatic heterocycles. The molecule has 54 valence electrons. The van der Waals surface area contributed by atoms with Crippen molar-refractivity contribution in [1.82, 2.24) is 0 Å². The van der Waals surface area contributed by atoms with E-state index in [0.717, 1.165) is 5.57 Å². The van der Waals surface area contributed by atoms with Crippen molar-refractivity contribution >= 4 is 17.2 Å². The molecular weight excluding hydrogens is 142 g/mol. The van der Waals surface area contributed by atoms with Crippen LogP contribution in [-0.2, 0) is 0 Å². The Morgan fingerprint density at radius 3 is 2.50 bits per heavy atom. The molecule has 0 fully saturated rings. The summed E-state index contributed by atoms with van der Waals surface area (Å²) in [5.41, 5.74) is 6.15. The normalized spacial score (nSPS) is 11.9. The van der Waals surface area contributed by atoms with Gasteiger partial charge in [-0.3, -0.25) is 0 Å². The van der Waals surface area contributed by atoms with Crippen LogP contribution in [0.5, 0.6) is 0 Å². The summed E-state index contributed by atoms with van der Waals surface area (Å²) in [5, 5.41) is 0. The van der Waals surface area contributed by atoms with Gasteiger partial charge in [0, 0.05) is 5.57 Å². The van der Waals surface area contributed by atoms with E-state index in [-0.39, 0.29) is 0 Å². The molecule has 0 radical (unpaired) electrons. The Bertz CT molecular complexity index is 189. The number of nitrogens with two attached hydrogens (primary N) is 1. The van der Waals surface area contributed by atoms with Crippen LogP contribution < -0.4 is 5.73 Å². The molecule has 0 unspecified atom stereocenters. The lowest BCUT2D eigenvalue weighted by Gasteiger charge is -1.93. The number of rotatable bonds is 3. The van der Waals surface area contributed by atoms with Crippen molar-refractivity contribution in [3.05, 3.63) is 36.5 Å². The standard InChI is InChI=1S/C8H11NS/c1-3-5-6-7(4-2)8(9)10/h3-6H,2H2,1H3,(H2,9,10)/b5-3-,7-6+. The average molecular weight is 153 g/mol. The van der Waals surface area contributed by atoms with E-state index in [0.29, 0.717) is 4.99 Å². The first-order chi connectivity index (χ1) is 4.72. The molecule has 2 N–H and O–H groups in total. The predicted molar refractivity (Wildman–Crippen MR) is 49.9 cm³/mol. The van der Waals surface area contributed by atoms with Crippen LogP contribution in [0.25, 0.3) is 0 Å². The lowest BCUT2D eigenvalue weighted by molar-refractivity contribution is 1.67. The summed E-state index contributed by atoms with van der Waals surface area (Å²) in [7, 11) is 0. The van der Waals surface area contributed by atoms with Crippen molar-refractivity contribution in [3.63, 3.8) is 0 Å². The lowest BCUT2D eigenvalue weighted by Crippen LogP contribution is -2.08. The molecule has 0 aromatic heterocycles. The molecule has 0 aromatic carbocycles. The van der Waals surface area contributed by atoms with E-state index in [2.05, 4.69) is 6.58 Å². The number of hydrogen-bond donors (Lipinski definition) is 1. The first-order valence-corrected chi connectivity index (χ1v) is 3.38. The first kappa shape index (κ1) is 9.11. The smallest absolute Gasteiger partial charge is 0.103 e. The van der Waals surface area contributed by atoms with Gasteiger partial charge in [-0.15, -0.1) is 0 Å². The fraction of sp³-hybridized carbons (Fsp3) is 0.125. The Labute approximate surface area is 66.9 Å². The van der Waals surface area contributed by atoms with Gasteiger partial charge in [-0.2, -0.15) is 0 Å². The summed E-state index contributed by atoms with van der Waals surface area (Å²) in [4.78, 5) is 0.383. The Hall–Kier alpha value is -0.890. The molecular formula is C8H11NS. The summed E-state index contributed by atoms with van der Waals surface area (Å²) < 4.78 is 0. The average Bonchev–Trinajstić information content (AvgIpc) is 1.89. The lowest BCUT2D eigenvalue weighted by atomic mass is 10.2. The van der Waals surface area contributed by atoms with Crippen LogP contribution >= 0.6 is 12.2 Å². The quantitative estimate of drug-likeness (QED) is 0.381. The largest absolute Gasteiger partial charge is 0.389 e. The molecule has 0 amide bonds. The molecule has 0 spiro atoms. The van der Waals surface area contributed by atoms with E-state index < -0.39 is 0 Å². The maximum absolute atomic E-state index is 5.35. The summed E-state index contributed by atoms with van der Waals surface area (Å²) >= 11 is 4.73. The van der Waals surface area contributed by atoms with Gasteiger partial charge in [0.2, 0.25) is 0 Å². The van der Waals surface area contributed by atoms with Crippen molar-refractivity contribution in [1.29, 1.82) is 0 Å². The second-order valence-electron chi connectivity index (χ2n) is 1.72. The molecule has 0 aliphatic rings. The molecule has 0 aromatic rings. The van der Waals surface area contributed by atoms with Gasteiger partial charge >= 0.3 is 0 Å². The van der Waals surface area contributed by atoms with Crippen molar-refractivity contribution in [2.24, 2.45) is 5.73 Å². The number of allylic oxidation sites excluding steroid dienone is 3. The van der Waals surface area contributed by atoms with Crippen molar-refractivity contribution in [2.75, 3.05) is 0 Å². The van der Waals surface area contributed by atoms with Crippen molar-refractivity contribution < 1.29 is 0 Å². The van der Waals surface area contributed by atoms with E-state index in [1.54, 1.807) is 6.08 Å². The molecule has 2 heteroatoms. The molecule has 1 nitrogen and oxygen atoms in total. The first-order valence-electron chi connectivity index (χ1n) is 2.97. The minimum absolute atomic E-state index is 0.383. The van der Waals surface area contributed by atoms with Gasteiger partial charge in [-0.1, -0.05) is 43.1 Å². The van der Waals surface area contributed by atoms with E-state index in [1.807, 2.05) is 25.2 Å². The van der Waals surface area contributed by atoms with Crippen LogP contribution in [-0.4, -0.2) is 4.99 Å². The summed E-state index contributed by atoms with van der Waals surface area (Å²) in [6.07, 6.45) is 7.25. The zero-order chi connectivity index (χ0) is 7.98. The minimum Gasteiger partial charge on any atom is -0.389 e. The highest BCUT2D eigenvalue weighted by Crippen LogP contribution is 1.95. The van der Waals surface area contributed by atoms with E-state index in [1.165, 1.54) is 0 Å². The monoisotopic (exact) mass is 153 g/mol. The van der Waals surface area contributed by atoms with Gasteiger partial charge in [0.15, 0.2) is 0 Å². The molecule has 0 bridgehead atoms. The molecule has 0 aliphatic carbocycles. The highest BCUT2D eigenvalue weighted by Gasteiger charge is 1.89. The van der Waals surface area contributed by atoms with Crippen LogP contribution in [0.15, 0.2) is 36.5 Å². The maximum atomic E-state index is 5.35. The predicted octanol–water partition coefficient (Wildman–Crippen LogP) is 1.96. The molecule has 10 heavy (non-hydrogen) atoms. The Balaban J connectivity index is 4.33. The van der Waals surface area contributed by atoms with Crippen LogP contribution in [0.3, 0.4) is 0 Å². The molecule has 0 saturated carbocycles. The summed E-state index contributed by atoms with van der Waals surface area (Å²) in [6.45, 7) is 5.49. The maximum Gasteiger partial charge on any atom is 0.103 e. The van der Waals surface area contributed by atoms with Crippen molar-refractivity contribution in [2.45, 2.75) is 6.92 Å². The van der Waals surface area contributed by atoms with Gasteiger partial charge in [0.25, 0.3) is 0 Å². The Kier molecular flexibility index (Phi) is 4.50. The van der Waals surface area contributed by atoms with Gasteiger partial charge in [-0.25, -0.2) is 0 Å². The topological polar surface area (TPSA) is 26.0 Å². The highest BCUT2D eigenvalue weighted by atomic mass is 32.1. The molecule has 0 rings (SSSR count). The van der Waals surface area contributed by atoms with Crippen molar-refractivity contribution in [3.8, 4) is 0 Å². The summed E-state index contributed by atoms with van der Waals surface area (Å²) in [5.74, 6) is 0. The highest BCUT2D eigenvalue weighted by molar-refractivity contribution is 7.80. The van der Waals surface area contributed by atoms with E-state index in [9.17, 15) is 0 Å². The zero-order valence-electron chi connectivity index (χ0n) is 6.00. The van der Waals surface area contributed by atoms with Crippen LogP contribution in [0.2, 0.25) is 0 Å². The fourth-order valence-corrected chi connectivity index (χ4v) is 0.602. The SMILES string of the molecule is C=C/C(=C\C=C/C)C(N)=S. The number of thiocarbonyl (C=S) groups is 1. The van der Waals surface area contributed by atoms with Gasteiger partial charge in [0.05, 0.1) is 0 Å². The molecule has 0 heterocycles. The number of hydrogen-bond acceptors (Lipinski definition) is 1. The van der Waals surface area contributed by atoms with Crippen LogP contribution in [0.4, 0.5) is 0 Å². The van der Waals surface area contributed by atoms with Gasteiger partial charge in [0.1, 0.15) is 4.99 Å². The minimum atomic E-state index is 0.383. The third-order valence-electron chi connectivity index (χ3n) is 0.973. The van der Waals surface area contributed by atoms with Gasteiger partial charge in [-0.05, 0) is 6.92 Å². The Morgan fingerprint density at radius 1 is 1.60 bits per heavy atom. The summed E-state index contributed by atoms with van der Waals surface area (Å²) in [6, 6.07) is 0. The van der Waals surface area contributed by atoms with Crippen LogP contribution in [0, 0.1) is 0 Å². The second-order valence-corrected chi connectivity index (χ2v) is 2.16.